The maximum atomic E-state index is 12.6. The number of likely N-dealkylation sites (tertiary alicyclic amines) is 2. The van der Waals surface area contributed by atoms with Gasteiger partial charge in [0.05, 0.1) is 18.0 Å². The summed E-state index contributed by atoms with van der Waals surface area (Å²) in [5, 5.41) is 3.10. The summed E-state index contributed by atoms with van der Waals surface area (Å²) in [5.41, 5.74) is 0. The molecule has 0 aliphatic carbocycles. The lowest BCUT2D eigenvalue weighted by molar-refractivity contribution is -0.134. The average Bonchev–Trinajstić information content (AvgIpc) is 3.06. The lowest BCUT2D eigenvalue weighted by atomic mass is 9.94. The van der Waals surface area contributed by atoms with E-state index in [0.29, 0.717) is 6.42 Å². The van der Waals surface area contributed by atoms with Crippen LogP contribution >= 0.6 is 0 Å². The zero-order valence-corrected chi connectivity index (χ0v) is 13.7. The Morgan fingerprint density at radius 3 is 2.73 bits per heavy atom. The molecule has 1 N–H and O–H groups in total. The van der Waals surface area contributed by atoms with Crippen LogP contribution in [0.3, 0.4) is 0 Å². The van der Waals surface area contributed by atoms with Crippen molar-refractivity contribution in [3.8, 4) is 0 Å². The Labute approximate surface area is 133 Å². The van der Waals surface area contributed by atoms with E-state index >= 15 is 0 Å². The maximum Gasteiger partial charge on any atom is 0.225 e. The van der Waals surface area contributed by atoms with Crippen LogP contribution in [0.25, 0.3) is 0 Å². The number of carbonyl (C=O) groups excluding carboxylic acids is 2. The van der Waals surface area contributed by atoms with Crippen molar-refractivity contribution >= 4 is 11.8 Å². The second kappa shape index (κ2) is 6.99. The van der Waals surface area contributed by atoms with Crippen LogP contribution in [0.2, 0.25) is 0 Å². The molecule has 0 bridgehead atoms. The Bertz CT molecular complexity index is 420. The summed E-state index contributed by atoms with van der Waals surface area (Å²) in [4.78, 5) is 29.2. The van der Waals surface area contributed by atoms with Gasteiger partial charge in [-0.1, -0.05) is 19.8 Å². The van der Waals surface area contributed by atoms with Gasteiger partial charge in [0, 0.05) is 19.5 Å². The minimum atomic E-state index is 0.0106. The molecule has 3 saturated heterocycles. The summed E-state index contributed by atoms with van der Waals surface area (Å²) in [6.45, 7) is 6.08. The molecule has 0 unspecified atom stereocenters. The average molecular weight is 307 g/mol. The van der Waals surface area contributed by atoms with E-state index in [0.717, 1.165) is 45.4 Å². The van der Waals surface area contributed by atoms with Crippen LogP contribution in [-0.2, 0) is 9.59 Å². The number of fused-ring (bicyclic) bond motifs is 1. The highest BCUT2D eigenvalue weighted by atomic mass is 16.2. The molecule has 0 spiro atoms. The molecule has 0 radical (unpaired) electrons. The van der Waals surface area contributed by atoms with Crippen molar-refractivity contribution in [2.24, 2.45) is 5.92 Å². The number of hydrogen-bond donors (Lipinski definition) is 1. The van der Waals surface area contributed by atoms with Crippen molar-refractivity contribution in [1.29, 1.82) is 0 Å². The van der Waals surface area contributed by atoms with Crippen LogP contribution in [0.5, 0.6) is 0 Å². The number of hydrogen-bond acceptors (Lipinski definition) is 3. The fourth-order valence-corrected chi connectivity index (χ4v) is 4.40. The number of nitrogens with zero attached hydrogens (tertiary/aromatic N) is 2. The Morgan fingerprint density at radius 1 is 1.23 bits per heavy atom. The molecule has 0 aromatic heterocycles. The van der Waals surface area contributed by atoms with Gasteiger partial charge in [-0.3, -0.25) is 9.59 Å². The van der Waals surface area contributed by atoms with Gasteiger partial charge in [0.1, 0.15) is 0 Å². The number of nitrogens with one attached hydrogen (secondary N) is 1. The molecular weight excluding hydrogens is 278 g/mol. The van der Waals surface area contributed by atoms with E-state index in [1.807, 2.05) is 4.90 Å². The molecule has 2 amide bonds. The topological polar surface area (TPSA) is 52.7 Å². The van der Waals surface area contributed by atoms with Gasteiger partial charge in [-0.2, -0.15) is 0 Å². The highest BCUT2D eigenvalue weighted by molar-refractivity contribution is 5.85. The van der Waals surface area contributed by atoms with E-state index < -0.39 is 0 Å². The predicted octanol–water partition coefficient (Wildman–Crippen LogP) is 1.38. The first-order valence-electron chi connectivity index (χ1n) is 9.03. The maximum absolute atomic E-state index is 12.6. The van der Waals surface area contributed by atoms with Gasteiger partial charge in [-0.15, -0.1) is 0 Å². The van der Waals surface area contributed by atoms with Gasteiger partial charge in [-0.05, 0) is 38.8 Å². The van der Waals surface area contributed by atoms with Crippen molar-refractivity contribution < 1.29 is 9.59 Å². The van der Waals surface area contributed by atoms with Crippen molar-refractivity contribution in [2.45, 2.75) is 64.0 Å². The second-order valence-electron chi connectivity index (χ2n) is 7.03. The van der Waals surface area contributed by atoms with Gasteiger partial charge in [0.2, 0.25) is 11.8 Å². The highest BCUT2D eigenvalue weighted by Crippen LogP contribution is 2.33. The lowest BCUT2D eigenvalue weighted by Crippen LogP contribution is -2.43. The lowest BCUT2D eigenvalue weighted by Gasteiger charge is -2.30. The van der Waals surface area contributed by atoms with Crippen molar-refractivity contribution in [2.75, 3.05) is 26.2 Å². The molecular formula is C17H29N3O2. The highest BCUT2D eigenvalue weighted by Gasteiger charge is 2.49. The van der Waals surface area contributed by atoms with Crippen molar-refractivity contribution in [3.63, 3.8) is 0 Å². The van der Waals surface area contributed by atoms with Crippen LogP contribution in [0.15, 0.2) is 0 Å². The molecule has 3 aliphatic rings. The first kappa shape index (κ1) is 15.8. The number of carbonyl (C=O) groups is 2. The fourth-order valence-electron chi connectivity index (χ4n) is 4.40. The Hall–Kier alpha value is -1.10. The normalized spacial score (nSPS) is 32.1. The Balaban J connectivity index is 1.56. The van der Waals surface area contributed by atoms with Crippen molar-refractivity contribution in [3.05, 3.63) is 0 Å². The minimum absolute atomic E-state index is 0.0106. The molecule has 5 nitrogen and oxygen atoms in total. The molecule has 3 aliphatic heterocycles. The summed E-state index contributed by atoms with van der Waals surface area (Å²) in [7, 11) is 0. The van der Waals surface area contributed by atoms with E-state index in [4.69, 9.17) is 0 Å². The zero-order valence-electron chi connectivity index (χ0n) is 13.7. The Morgan fingerprint density at radius 2 is 2.00 bits per heavy atom. The van der Waals surface area contributed by atoms with Crippen LogP contribution < -0.4 is 5.32 Å². The minimum Gasteiger partial charge on any atom is -0.351 e. The smallest absolute Gasteiger partial charge is 0.225 e. The van der Waals surface area contributed by atoms with Gasteiger partial charge in [0.25, 0.3) is 0 Å². The van der Waals surface area contributed by atoms with Crippen LogP contribution in [0.4, 0.5) is 0 Å². The molecule has 22 heavy (non-hydrogen) atoms. The third kappa shape index (κ3) is 3.14. The predicted molar refractivity (Wildman–Crippen MR) is 85.4 cm³/mol. The first-order valence-corrected chi connectivity index (χ1v) is 9.03. The molecule has 124 valence electrons. The van der Waals surface area contributed by atoms with E-state index in [1.165, 1.54) is 19.3 Å². The Kier molecular flexibility index (Phi) is 5.01. The van der Waals surface area contributed by atoms with Crippen LogP contribution in [0.1, 0.15) is 51.9 Å². The summed E-state index contributed by atoms with van der Waals surface area (Å²) >= 11 is 0. The van der Waals surface area contributed by atoms with Crippen LogP contribution in [0, 0.1) is 5.92 Å². The molecule has 3 fully saturated rings. The van der Waals surface area contributed by atoms with E-state index in [2.05, 4.69) is 17.1 Å². The van der Waals surface area contributed by atoms with Crippen molar-refractivity contribution in [1.82, 2.24) is 15.1 Å². The summed E-state index contributed by atoms with van der Waals surface area (Å²) < 4.78 is 0. The SMILES string of the molecule is CCC[C@H]1C(=O)N[C@H]2CCN(C(=O)CCN3CCCCC3)[C@@H]21. The largest absolute Gasteiger partial charge is 0.351 e. The molecule has 0 aromatic rings. The second-order valence-corrected chi connectivity index (χ2v) is 7.03. The summed E-state index contributed by atoms with van der Waals surface area (Å²) in [6, 6.07) is 0.310. The van der Waals surface area contributed by atoms with Gasteiger partial charge in [-0.25, -0.2) is 0 Å². The third-order valence-corrected chi connectivity index (χ3v) is 5.54. The fraction of sp³-hybridized carbons (Fsp3) is 0.882. The van der Waals surface area contributed by atoms with Crippen LogP contribution in [-0.4, -0.2) is 59.9 Å². The van der Waals surface area contributed by atoms with E-state index in [9.17, 15) is 9.59 Å². The molecule has 5 heteroatoms. The van der Waals surface area contributed by atoms with Gasteiger partial charge < -0.3 is 15.1 Å². The number of rotatable bonds is 5. The molecule has 3 rings (SSSR count). The summed E-state index contributed by atoms with van der Waals surface area (Å²) in [6.07, 6.45) is 7.27. The zero-order chi connectivity index (χ0) is 15.5. The molecule has 3 atom stereocenters. The third-order valence-electron chi connectivity index (χ3n) is 5.54. The monoisotopic (exact) mass is 307 g/mol. The molecule has 3 heterocycles. The van der Waals surface area contributed by atoms with Gasteiger partial charge in [0.15, 0.2) is 0 Å². The quantitative estimate of drug-likeness (QED) is 0.835. The molecule has 0 saturated carbocycles. The number of amides is 2. The molecule has 0 aromatic carbocycles. The van der Waals surface area contributed by atoms with E-state index in [-0.39, 0.29) is 29.8 Å². The summed E-state index contributed by atoms with van der Waals surface area (Å²) in [5.74, 6) is 0.414. The standard InChI is InChI=1S/C17H29N3O2/c1-2-6-13-16-14(18-17(13)22)7-12-20(16)15(21)8-11-19-9-4-3-5-10-19/h13-14,16H,2-12H2,1H3,(H,18,22)/t13-,14+,16-/m1/s1. The van der Waals surface area contributed by atoms with E-state index in [1.54, 1.807) is 0 Å². The number of piperidine rings is 1. The first-order chi connectivity index (χ1) is 10.7. The van der Waals surface area contributed by atoms with Gasteiger partial charge >= 0.3 is 0 Å².